The number of amides is 1. The first kappa shape index (κ1) is 26.5. The van der Waals surface area contributed by atoms with E-state index in [9.17, 15) is 20.1 Å². The molecule has 1 amide bonds. The maximum Gasteiger partial charge on any atom is 0.268 e. The number of aromatic nitrogens is 1. The number of aromatic hydroxyl groups is 2. The molecule has 41 heavy (non-hydrogen) atoms. The third-order valence-corrected chi connectivity index (χ3v) is 10.3. The van der Waals surface area contributed by atoms with Gasteiger partial charge in [-0.25, -0.2) is 0 Å². The fourth-order valence-corrected chi connectivity index (χ4v) is 8.01. The number of carbonyl (C=O) groups excluding carboxylic acids is 1. The first-order chi connectivity index (χ1) is 19.8. The molecule has 2 aliphatic rings. The molecule has 10 heteroatoms. The molecule has 2 aromatic heterocycles. The maximum absolute atomic E-state index is 13.8. The number of benzene rings is 3. The number of aryl methyl sites for hydroxylation is 1. The number of nitrogens with zero attached hydrogens (tertiary/aromatic N) is 2. The number of aliphatic hydroxyl groups excluding tert-OH is 1. The van der Waals surface area contributed by atoms with Crippen LogP contribution in [0.1, 0.15) is 49.3 Å². The minimum absolute atomic E-state index is 0.0314. The van der Waals surface area contributed by atoms with Crippen molar-refractivity contribution in [3.63, 3.8) is 0 Å². The molecule has 4 N–H and O–H groups in total. The Morgan fingerprint density at radius 2 is 1.71 bits per heavy atom. The smallest absolute Gasteiger partial charge is 0.268 e. The van der Waals surface area contributed by atoms with Crippen molar-refractivity contribution in [3.05, 3.63) is 81.2 Å². The van der Waals surface area contributed by atoms with Gasteiger partial charge in [0.15, 0.2) is 6.23 Å². The number of phenols is 2. The molecule has 0 radical (unpaired) electrons. The molecular weight excluding hydrogens is 581 g/mol. The fraction of sp³-hybridized carbons (Fsp3) is 0.258. The van der Waals surface area contributed by atoms with E-state index in [-0.39, 0.29) is 29.2 Å². The van der Waals surface area contributed by atoms with Crippen molar-refractivity contribution < 1.29 is 20.1 Å². The second-order valence-corrected chi connectivity index (χ2v) is 12.5. The van der Waals surface area contributed by atoms with Crippen LogP contribution in [0.15, 0.2) is 54.7 Å². The summed E-state index contributed by atoms with van der Waals surface area (Å²) in [6.45, 7) is 2.87. The molecule has 3 aromatic carbocycles. The van der Waals surface area contributed by atoms with Gasteiger partial charge < -0.3 is 30.1 Å². The van der Waals surface area contributed by atoms with Gasteiger partial charge in [0, 0.05) is 71.5 Å². The Kier molecular flexibility index (Phi) is 6.35. The van der Waals surface area contributed by atoms with Gasteiger partial charge in [0.1, 0.15) is 11.5 Å². The number of hydrogen-bond donors (Lipinski definition) is 4. The summed E-state index contributed by atoms with van der Waals surface area (Å²) >= 11 is 14.0. The van der Waals surface area contributed by atoms with E-state index in [4.69, 9.17) is 23.2 Å². The maximum atomic E-state index is 13.8. The van der Waals surface area contributed by atoms with Crippen LogP contribution in [0.25, 0.3) is 21.7 Å². The number of phenolic OH excluding ortho intramolecular Hbond substituents is 2. The summed E-state index contributed by atoms with van der Waals surface area (Å²) in [4.78, 5) is 21.6. The number of alkyl halides is 2. The van der Waals surface area contributed by atoms with Crippen LogP contribution in [0.4, 0.5) is 11.4 Å². The summed E-state index contributed by atoms with van der Waals surface area (Å²) in [6, 6.07) is 14.4. The van der Waals surface area contributed by atoms with Crippen LogP contribution in [0, 0.1) is 6.92 Å². The van der Waals surface area contributed by atoms with E-state index < -0.39 is 6.23 Å². The van der Waals surface area contributed by atoms with Crippen molar-refractivity contribution in [3.8, 4) is 11.5 Å². The van der Waals surface area contributed by atoms with Gasteiger partial charge in [-0.3, -0.25) is 4.79 Å². The molecular formula is C31H27Cl2N3O4S. The number of H-pyrrole nitrogens is 1. The van der Waals surface area contributed by atoms with Crippen LogP contribution in [0.3, 0.4) is 0 Å². The molecule has 4 heterocycles. The highest BCUT2D eigenvalue weighted by Gasteiger charge is 2.38. The number of aliphatic hydroxyl groups is 1. The number of halogens is 2. The van der Waals surface area contributed by atoms with Gasteiger partial charge in [0.2, 0.25) is 0 Å². The predicted molar refractivity (Wildman–Crippen MR) is 166 cm³/mol. The highest BCUT2D eigenvalue weighted by molar-refractivity contribution is 7.14. The van der Waals surface area contributed by atoms with Crippen molar-refractivity contribution in [2.45, 2.75) is 25.0 Å². The van der Waals surface area contributed by atoms with Gasteiger partial charge in [-0.1, -0.05) is 24.3 Å². The van der Waals surface area contributed by atoms with E-state index >= 15 is 0 Å². The van der Waals surface area contributed by atoms with Crippen molar-refractivity contribution in [2.24, 2.45) is 0 Å². The number of aromatic amines is 1. The molecule has 2 aliphatic heterocycles. The lowest BCUT2D eigenvalue weighted by Crippen LogP contribution is -2.29. The van der Waals surface area contributed by atoms with E-state index in [1.807, 2.05) is 42.3 Å². The molecule has 0 saturated heterocycles. The minimum Gasteiger partial charge on any atom is -0.507 e. The van der Waals surface area contributed by atoms with Crippen LogP contribution >= 0.6 is 34.5 Å². The van der Waals surface area contributed by atoms with Crippen molar-refractivity contribution in [1.29, 1.82) is 0 Å². The Hall–Kier alpha value is -3.43. The average molecular weight is 609 g/mol. The number of rotatable bonds is 5. The first-order valence-electron chi connectivity index (χ1n) is 13.4. The summed E-state index contributed by atoms with van der Waals surface area (Å²) in [7, 11) is 0. The molecule has 0 aliphatic carbocycles. The van der Waals surface area contributed by atoms with Gasteiger partial charge in [-0.15, -0.1) is 34.5 Å². The summed E-state index contributed by atoms with van der Waals surface area (Å²) < 4.78 is 0. The zero-order valence-corrected chi connectivity index (χ0v) is 24.4. The number of fused-ring (bicyclic) bond motifs is 6. The molecule has 7 nitrogen and oxygen atoms in total. The summed E-state index contributed by atoms with van der Waals surface area (Å²) in [5, 5.41) is 35.6. The zero-order valence-electron chi connectivity index (χ0n) is 22.1. The Labute approximate surface area is 250 Å². The minimum atomic E-state index is -1.03. The summed E-state index contributed by atoms with van der Waals surface area (Å²) in [6.07, 6.45) is 0.833. The first-order valence-corrected chi connectivity index (χ1v) is 15.3. The lowest BCUT2D eigenvalue weighted by molar-refractivity contribution is 0.0992. The van der Waals surface area contributed by atoms with Crippen molar-refractivity contribution in [2.75, 3.05) is 34.6 Å². The Balaban J connectivity index is 1.23. The molecule has 0 fully saturated rings. The highest BCUT2D eigenvalue weighted by Crippen LogP contribution is 2.49. The van der Waals surface area contributed by atoms with Crippen LogP contribution < -0.4 is 9.80 Å². The van der Waals surface area contributed by atoms with Crippen molar-refractivity contribution >= 4 is 73.5 Å². The number of thiophene rings is 1. The Bertz CT molecular complexity index is 1850. The largest absolute Gasteiger partial charge is 0.507 e. The third kappa shape index (κ3) is 3.92. The monoisotopic (exact) mass is 607 g/mol. The average Bonchev–Trinajstić information content (AvgIpc) is 3.76. The van der Waals surface area contributed by atoms with E-state index in [1.54, 1.807) is 29.2 Å². The summed E-state index contributed by atoms with van der Waals surface area (Å²) in [5.74, 6) is 0.630. The molecule has 1 unspecified atom stereocenters. The molecule has 3 atom stereocenters. The molecule has 7 rings (SSSR count). The number of hydrogen-bond acceptors (Lipinski definition) is 6. The molecule has 210 valence electrons. The fourth-order valence-electron chi connectivity index (χ4n) is 6.55. The topological polar surface area (TPSA) is 100 Å². The normalized spacial score (nSPS) is 18.8. The number of carbonyl (C=O) groups is 1. The molecule has 0 spiro atoms. The molecule has 5 aromatic rings. The molecule has 0 bridgehead atoms. The predicted octanol–water partition coefficient (Wildman–Crippen LogP) is 6.92. The third-order valence-electron chi connectivity index (χ3n) is 8.44. The van der Waals surface area contributed by atoms with E-state index in [0.29, 0.717) is 45.8 Å². The number of nitrogens with one attached hydrogen (secondary N) is 1. The van der Waals surface area contributed by atoms with E-state index in [0.717, 1.165) is 38.5 Å². The summed E-state index contributed by atoms with van der Waals surface area (Å²) in [5.41, 5.74) is 5.03. The second kappa shape index (κ2) is 9.84. The Morgan fingerprint density at radius 1 is 1.00 bits per heavy atom. The van der Waals surface area contributed by atoms with E-state index in [1.165, 1.54) is 11.3 Å². The molecule has 0 saturated carbocycles. The van der Waals surface area contributed by atoms with Crippen LogP contribution in [0.2, 0.25) is 0 Å². The van der Waals surface area contributed by atoms with Gasteiger partial charge in [0.05, 0.1) is 21.0 Å². The lowest BCUT2D eigenvalue weighted by Gasteiger charge is -2.25. The van der Waals surface area contributed by atoms with Crippen molar-refractivity contribution in [1.82, 2.24) is 4.98 Å². The van der Waals surface area contributed by atoms with Gasteiger partial charge >= 0.3 is 0 Å². The quantitative estimate of drug-likeness (QED) is 0.163. The van der Waals surface area contributed by atoms with Gasteiger partial charge in [-0.2, -0.15) is 0 Å². The standard InChI is InChI=1S/C31H27Cl2N3O4S/c1-15-12-34-29-23(38)9-21-28(26(15)29)17(11-33)14-36(21)31(40)25-7-6-24(41-25)30(39)35-13-16(10-32)27-19-5-3-2-4-18(19)22(37)8-20(27)35/h2-9,12,16-17,31,34,37-38,40H,10-11,13-14H2,1H3/t16-,17-,31?/m1/s1. The zero-order chi connectivity index (χ0) is 28.6. The van der Waals surface area contributed by atoms with Crippen LogP contribution in [-0.4, -0.2) is 51.1 Å². The number of anilines is 2. The van der Waals surface area contributed by atoms with Crippen LogP contribution in [-0.2, 0) is 0 Å². The van der Waals surface area contributed by atoms with Gasteiger partial charge in [-0.05, 0) is 41.1 Å². The SMILES string of the molecule is Cc1c[nH]c2c(O)cc3c(c12)[C@H](CCl)CN3C(O)c1ccc(C(=O)N2C[C@@H](CCl)c3c2cc(O)c2ccccc32)s1. The van der Waals surface area contributed by atoms with Gasteiger partial charge in [0.25, 0.3) is 5.91 Å². The lowest BCUT2D eigenvalue weighted by atomic mass is 9.95. The Morgan fingerprint density at radius 3 is 2.46 bits per heavy atom. The highest BCUT2D eigenvalue weighted by atomic mass is 35.5. The van der Waals surface area contributed by atoms with E-state index in [2.05, 4.69) is 4.98 Å². The second-order valence-electron chi connectivity index (χ2n) is 10.8. The van der Waals surface area contributed by atoms with Crippen LogP contribution in [0.5, 0.6) is 11.5 Å².